The number of allylic oxidation sites excluding steroid dienone is 1. The number of nitrogens with one attached hydrogen (secondary N) is 1. The number of carbonyl (C=O) groups excluding carboxylic acids is 1. The maximum absolute atomic E-state index is 12.5. The number of hydrogen-bond donors (Lipinski definition) is 1. The standard InChI is InChI=1S/C20H16N6O4S/c1-14-19(18(27)10-7-16-4-2-13-30-16)23-25-26(14)15-5-8-17(9-6-15)31(28,29)24-20-21-11-3-12-22-20/h2-13H,1H3,(H,21,22,24)/b10-7+. The Labute approximate surface area is 177 Å². The van der Waals surface area contributed by atoms with Crippen molar-refractivity contribution < 1.29 is 17.6 Å². The summed E-state index contributed by atoms with van der Waals surface area (Å²) in [4.78, 5) is 20.1. The van der Waals surface area contributed by atoms with Gasteiger partial charge in [-0.2, -0.15) is 0 Å². The minimum Gasteiger partial charge on any atom is -0.465 e. The summed E-state index contributed by atoms with van der Waals surface area (Å²) >= 11 is 0. The van der Waals surface area contributed by atoms with E-state index in [9.17, 15) is 13.2 Å². The summed E-state index contributed by atoms with van der Waals surface area (Å²) in [5.41, 5.74) is 1.25. The predicted molar refractivity (Wildman–Crippen MR) is 111 cm³/mol. The van der Waals surface area contributed by atoms with E-state index in [1.54, 1.807) is 43.3 Å². The van der Waals surface area contributed by atoms with Gasteiger partial charge in [-0.25, -0.2) is 27.8 Å². The van der Waals surface area contributed by atoms with Gasteiger partial charge in [0.25, 0.3) is 10.0 Å². The van der Waals surface area contributed by atoms with Crippen molar-refractivity contribution in [2.45, 2.75) is 11.8 Å². The molecule has 3 aromatic heterocycles. The third-order valence-corrected chi connectivity index (χ3v) is 5.60. The molecule has 1 aromatic carbocycles. The van der Waals surface area contributed by atoms with Gasteiger partial charge in [0, 0.05) is 12.4 Å². The van der Waals surface area contributed by atoms with E-state index in [-0.39, 0.29) is 22.3 Å². The van der Waals surface area contributed by atoms with Crippen molar-refractivity contribution in [3.05, 3.63) is 84.3 Å². The molecule has 31 heavy (non-hydrogen) atoms. The molecular weight excluding hydrogens is 420 g/mol. The first kappa shape index (κ1) is 20.2. The molecule has 156 valence electrons. The van der Waals surface area contributed by atoms with E-state index in [4.69, 9.17) is 4.42 Å². The van der Waals surface area contributed by atoms with Crippen LogP contribution in [0.25, 0.3) is 11.8 Å². The van der Waals surface area contributed by atoms with Crippen LogP contribution in [-0.2, 0) is 10.0 Å². The Hall–Kier alpha value is -4.12. The van der Waals surface area contributed by atoms with Crippen LogP contribution in [0.15, 0.2) is 76.5 Å². The molecule has 0 spiro atoms. The second kappa shape index (κ2) is 8.32. The van der Waals surface area contributed by atoms with Gasteiger partial charge >= 0.3 is 0 Å². The van der Waals surface area contributed by atoms with Crippen molar-refractivity contribution >= 4 is 27.8 Å². The van der Waals surface area contributed by atoms with Crippen molar-refractivity contribution in [1.29, 1.82) is 0 Å². The van der Waals surface area contributed by atoms with E-state index in [0.717, 1.165) is 0 Å². The average Bonchev–Trinajstić information content (AvgIpc) is 3.42. The number of carbonyl (C=O) groups is 1. The lowest BCUT2D eigenvalue weighted by atomic mass is 10.2. The lowest BCUT2D eigenvalue weighted by molar-refractivity contribution is 0.104. The quantitative estimate of drug-likeness (QED) is 0.345. The zero-order valence-electron chi connectivity index (χ0n) is 16.2. The molecular formula is C20H16N6O4S. The normalized spacial score (nSPS) is 11.6. The molecule has 0 atom stereocenters. The van der Waals surface area contributed by atoms with E-state index in [0.29, 0.717) is 17.1 Å². The highest BCUT2D eigenvalue weighted by Crippen LogP contribution is 2.18. The molecule has 0 aliphatic heterocycles. The number of anilines is 1. The van der Waals surface area contributed by atoms with E-state index in [1.807, 2.05) is 0 Å². The second-order valence-corrected chi connectivity index (χ2v) is 8.00. The maximum atomic E-state index is 12.5. The fraction of sp³-hybridized carbons (Fsp3) is 0.0500. The minimum absolute atomic E-state index is 0.0237. The second-order valence-electron chi connectivity index (χ2n) is 6.32. The van der Waals surface area contributed by atoms with Gasteiger partial charge in [0.1, 0.15) is 5.76 Å². The van der Waals surface area contributed by atoms with Gasteiger partial charge in [-0.3, -0.25) is 4.79 Å². The molecule has 0 radical (unpaired) electrons. The van der Waals surface area contributed by atoms with Crippen LogP contribution in [-0.4, -0.2) is 39.2 Å². The molecule has 10 nitrogen and oxygen atoms in total. The Balaban J connectivity index is 1.54. The van der Waals surface area contributed by atoms with Gasteiger partial charge in [0.05, 0.1) is 22.5 Å². The van der Waals surface area contributed by atoms with Crippen LogP contribution in [0.4, 0.5) is 5.95 Å². The van der Waals surface area contributed by atoms with Crippen LogP contribution in [0, 0.1) is 6.92 Å². The Morgan fingerprint density at radius 3 is 2.52 bits per heavy atom. The number of aromatic nitrogens is 5. The lowest BCUT2D eigenvalue weighted by Crippen LogP contribution is -2.15. The molecule has 4 rings (SSSR count). The molecule has 0 amide bonds. The average molecular weight is 436 g/mol. The Kier molecular flexibility index (Phi) is 5.41. The largest absolute Gasteiger partial charge is 0.465 e. The number of benzene rings is 1. The molecule has 1 N–H and O–H groups in total. The molecule has 4 aromatic rings. The van der Waals surface area contributed by atoms with Crippen molar-refractivity contribution in [2.24, 2.45) is 0 Å². The van der Waals surface area contributed by atoms with Gasteiger partial charge in [0.15, 0.2) is 5.69 Å². The highest BCUT2D eigenvalue weighted by Gasteiger charge is 2.18. The van der Waals surface area contributed by atoms with E-state index in [2.05, 4.69) is 25.0 Å². The number of nitrogens with zero attached hydrogens (tertiary/aromatic N) is 5. The summed E-state index contributed by atoms with van der Waals surface area (Å²) in [5.74, 6) is 0.195. The summed E-state index contributed by atoms with van der Waals surface area (Å²) in [5, 5.41) is 7.97. The highest BCUT2D eigenvalue weighted by atomic mass is 32.2. The van der Waals surface area contributed by atoms with Crippen molar-refractivity contribution in [3.8, 4) is 5.69 Å². The minimum atomic E-state index is -3.85. The molecule has 3 heterocycles. The Morgan fingerprint density at radius 2 is 1.84 bits per heavy atom. The first-order valence-electron chi connectivity index (χ1n) is 9.02. The molecule has 0 bridgehead atoms. The topological polar surface area (TPSA) is 133 Å². The number of furan rings is 1. The summed E-state index contributed by atoms with van der Waals surface area (Å²) < 4.78 is 33.9. The zero-order valence-corrected chi connectivity index (χ0v) is 17.0. The summed E-state index contributed by atoms with van der Waals surface area (Å²) in [7, 11) is -3.85. The Morgan fingerprint density at radius 1 is 1.10 bits per heavy atom. The Bertz CT molecular complexity index is 1330. The highest BCUT2D eigenvalue weighted by molar-refractivity contribution is 7.92. The molecule has 0 unspecified atom stereocenters. The number of ketones is 1. The monoisotopic (exact) mass is 436 g/mol. The molecule has 0 aliphatic rings. The molecule has 0 aliphatic carbocycles. The van der Waals surface area contributed by atoms with Crippen LogP contribution in [0.3, 0.4) is 0 Å². The van der Waals surface area contributed by atoms with Crippen molar-refractivity contribution in [2.75, 3.05) is 4.72 Å². The van der Waals surface area contributed by atoms with E-state index in [1.165, 1.54) is 41.5 Å². The number of hydrogen-bond acceptors (Lipinski definition) is 8. The summed E-state index contributed by atoms with van der Waals surface area (Å²) in [6.45, 7) is 1.70. The SMILES string of the molecule is Cc1c(C(=O)/C=C/c2ccco2)nnn1-c1ccc(S(=O)(=O)Nc2ncccn2)cc1. The van der Waals surface area contributed by atoms with Crippen LogP contribution in [0.5, 0.6) is 0 Å². The van der Waals surface area contributed by atoms with Gasteiger partial charge < -0.3 is 4.42 Å². The first-order chi connectivity index (χ1) is 14.9. The van der Waals surface area contributed by atoms with E-state index >= 15 is 0 Å². The maximum Gasteiger partial charge on any atom is 0.264 e. The van der Waals surface area contributed by atoms with Crippen LogP contribution >= 0.6 is 0 Å². The molecule has 0 saturated carbocycles. The fourth-order valence-electron chi connectivity index (χ4n) is 2.72. The lowest BCUT2D eigenvalue weighted by Gasteiger charge is -2.08. The summed E-state index contributed by atoms with van der Waals surface area (Å²) in [6, 6.07) is 11.0. The van der Waals surface area contributed by atoms with Crippen molar-refractivity contribution in [3.63, 3.8) is 0 Å². The zero-order chi connectivity index (χ0) is 21.8. The van der Waals surface area contributed by atoms with E-state index < -0.39 is 10.0 Å². The smallest absolute Gasteiger partial charge is 0.264 e. The first-order valence-corrected chi connectivity index (χ1v) is 10.5. The fourth-order valence-corrected chi connectivity index (χ4v) is 3.68. The van der Waals surface area contributed by atoms with Gasteiger partial charge in [-0.05, 0) is 61.5 Å². The number of sulfonamides is 1. The van der Waals surface area contributed by atoms with Gasteiger partial charge in [-0.15, -0.1) is 5.10 Å². The van der Waals surface area contributed by atoms with Gasteiger partial charge in [0.2, 0.25) is 11.7 Å². The third kappa shape index (κ3) is 4.41. The number of rotatable bonds is 7. The van der Waals surface area contributed by atoms with Crippen LogP contribution in [0.1, 0.15) is 21.9 Å². The predicted octanol–water partition coefficient (Wildman–Crippen LogP) is 2.66. The van der Waals surface area contributed by atoms with Crippen LogP contribution in [0.2, 0.25) is 0 Å². The van der Waals surface area contributed by atoms with Crippen LogP contribution < -0.4 is 4.72 Å². The third-order valence-electron chi connectivity index (χ3n) is 4.25. The van der Waals surface area contributed by atoms with Crippen molar-refractivity contribution in [1.82, 2.24) is 25.0 Å². The molecule has 11 heteroatoms. The molecule has 0 saturated heterocycles. The molecule has 0 fully saturated rings. The summed E-state index contributed by atoms with van der Waals surface area (Å²) in [6.07, 6.45) is 7.28. The van der Waals surface area contributed by atoms with Gasteiger partial charge in [-0.1, -0.05) is 5.21 Å².